The highest BCUT2D eigenvalue weighted by Crippen LogP contribution is 2.29. The highest BCUT2D eigenvalue weighted by molar-refractivity contribution is 5.31. The first-order valence-electron chi connectivity index (χ1n) is 5.10. The minimum absolute atomic E-state index is 0.0486. The van der Waals surface area contributed by atoms with E-state index in [1.54, 1.807) is 0 Å². The number of aromatic hydroxyl groups is 1. The molecule has 0 radical (unpaired) electrons. The van der Waals surface area contributed by atoms with E-state index in [0.717, 1.165) is 37.9 Å². The van der Waals surface area contributed by atoms with Gasteiger partial charge in [-0.05, 0) is 19.4 Å². The Labute approximate surface area is 86.9 Å². The number of rotatable bonds is 1. The van der Waals surface area contributed by atoms with E-state index in [4.69, 9.17) is 5.11 Å². The van der Waals surface area contributed by atoms with Gasteiger partial charge in [-0.1, -0.05) is 6.42 Å². The molecule has 0 aromatic heterocycles. The molecule has 2 rings (SSSR count). The van der Waals surface area contributed by atoms with Crippen LogP contribution in [-0.2, 0) is 0 Å². The number of halogens is 2. The maximum atomic E-state index is 13.5. The SMILES string of the molecule is Oc1cc(F)c(C2CCCCN2)c(F)c1. The molecule has 1 atom stereocenters. The molecule has 82 valence electrons. The lowest BCUT2D eigenvalue weighted by Crippen LogP contribution is -2.28. The van der Waals surface area contributed by atoms with Crippen LogP contribution in [0.25, 0.3) is 0 Å². The maximum Gasteiger partial charge on any atom is 0.134 e. The zero-order chi connectivity index (χ0) is 10.8. The first-order valence-corrected chi connectivity index (χ1v) is 5.10. The van der Waals surface area contributed by atoms with Gasteiger partial charge in [0.15, 0.2) is 0 Å². The van der Waals surface area contributed by atoms with Crippen LogP contribution in [-0.4, -0.2) is 11.7 Å². The van der Waals surface area contributed by atoms with E-state index >= 15 is 0 Å². The number of hydrogen-bond donors (Lipinski definition) is 2. The largest absolute Gasteiger partial charge is 0.508 e. The molecule has 1 heterocycles. The lowest BCUT2D eigenvalue weighted by molar-refractivity contribution is 0.381. The average Bonchev–Trinajstić information content (AvgIpc) is 2.17. The van der Waals surface area contributed by atoms with Gasteiger partial charge < -0.3 is 10.4 Å². The fraction of sp³-hybridized carbons (Fsp3) is 0.455. The zero-order valence-corrected chi connectivity index (χ0v) is 8.26. The summed E-state index contributed by atoms with van der Waals surface area (Å²) in [7, 11) is 0. The molecule has 1 aliphatic heterocycles. The molecule has 4 heteroatoms. The molecule has 2 nitrogen and oxygen atoms in total. The first-order chi connectivity index (χ1) is 7.18. The molecule has 1 aromatic rings. The van der Waals surface area contributed by atoms with Crippen molar-refractivity contribution in [3.8, 4) is 5.75 Å². The fourth-order valence-corrected chi connectivity index (χ4v) is 2.00. The van der Waals surface area contributed by atoms with Crippen molar-refractivity contribution in [1.82, 2.24) is 5.32 Å². The Morgan fingerprint density at radius 1 is 1.20 bits per heavy atom. The van der Waals surface area contributed by atoms with Crippen molar-refractivity contribution < 1.29 is 13.9 Å². The number of phenolic OH excluding ortho intramolecular Hbond substituents is 1. The second-order valence-electron chi connectivity index (χ2n) is 3.83. The molecular weight excluding hydrogens is 200 g/mol. The standard InChI is InChI=1S/C11H13F2NO/c12-8-5-7(15)6-9(13)11(8)10-3-1-2-4-14-10/h5-6,10,14-15H,1-4H2. The molecule has 1 aliphatic rings. The molecule has 2 N–H and O–H groups in total. The topological polar surface area (TPSA) is 32.3 Å². The molecule has 0 saturated carbocycles. The first kappa shape index (κ1) is 10.4. The lowest BCUT2D eigenvalue weighted by atomic mass is 9.96. The summed E-state index contributed by atoms with van der Waals surface area (Å²) in [5.41, 5.74) is 0.0486. The van der Waals surface area contributed by atoms with Crippen LogP contribution in [0.15, 0.2) is 12.1 Å². The van der Waals surface area contributed by atoms with Gasteiger partial charge in [0.05, 0.1) is 0 Å². The van der Waals surface area contributed by atoms with Crippen molar-refractivity contribution in [2.75, 3.05) is 6.54 Å². The van der Waals surface area contributed by atoms with Crippen LogP contribution in [0, 0.1) is 11.6 Å². The van der Waals surface area contributed by atoms with Crippen molar-refractivity contribution in [2.45, 2.75) is 25.3 Å². The Morgan fingerprint density at radius 2 is 1.87 bits per heavy atom. The molecule has 1 fully saturated rings. The zero-order valence-electron chi connectivity index (χ0n) is 8.26. The van der Waals surface area contributed by atoms with Gasteiger partial charge in [0.1, 0.15) is 17.4 Å². The Bertz CT molecular complexity index is 339. The smallest absolute Gasteiger partial charge is 0.134 e. The van der Waals surface area contributed by atoms with Crippen molar-refractivity contribution in [2.24, 2.45) is 0 Å². The van der Waals surface area contributed by atoms with E-state index in [1.807, 2.05) is 0 Å². The molecule has 0 amide bonds. The van der Waals surface area contributed by atoms with E-state index in [9.17, 15) is 8.78 Å². The predicted octanol–water partition coefficient (Wildman–Crippen LogP) is 2.48. The van der Waals surface area contributed by atoms with Gasteiger partial charge in [0.25, 0.3) is 0 Å². The number of nitrogens with one attached hydrogen (secondary N) is 1. The lowest BCUT2D eigenvalue weighted by Gasteiger charge is -2.24. The summed E-state index contributed by atoms with van der Waals surface area (Å²) in [6.07, 6.45) is 2.74. The Kier molecular flexibility index (Phi) is 2.86. The molecule has 1 unspecified atom stereocenters. The summed E-state index contributed by atoms with van der Waals surface area (Å²) in [4.78, 5) is 0. The maximum absolute atomic E-state index is 13.5. The summed E-state index contributed by atoms with van der Waals surface area (Å²) in [6, 6.07) is 1.64. The van der Waals surface area contributed by atoms with E-state index in [1.165, 1.54) is 0 Å². The van der Waals surface area contributed by atoms with Crippen molar-refractivity contribution in [1.29, 1.82) is 0 Å². The van der Waals surface area contributed by atoms with Crippen LogP contribution < -0.4 is 5.32 Å². The highest BCUT2D eigenvalue weighted by atomic mass is 19.1. The van der Waals surface area contributed by atoms with Crippen LogP contribution >= 0.6 is 0 Å². The third kappa shape index (κ3) is 2.09. The van der Waals surface area contributed by atoms with Crippen molar-refractivity contribution >= 4 is 0 Å². The highest BCUT2D eigenvalue weighted by Gasteiger charge is 2.22. The summed E-state index contributed by atoms with van der Waals surface area (Å²) < 4.78 is 26.9. The molecule has 15 heavy (non-hydrogen) atoms. The summed E-state index contributed by atoms with van der Waals surface area (Å²) >= 11 is 0. The predicted molar refractivity (Wildman–Crippen MR) is 52.6 cm³/mol. The van der Waals surface area contributed by atoms with Gasteiger partial charge in [-0.2, -0.15) is 0 Å². The molecule has 1 saturated heterocycles. The quantitative estimate of drug-likeness (QED) is 0.751. The summed E-state index contributed by atoms with van der Waals surface area (Å²) in [5.74, 6) is -1.72. The Morgan fingerprint density at radius 3 is 2.40 bits per heavy atom. The summed E-state index contributed by atoms with van der Waals surface area (Å²) in [5, 5.41) is 12.1. The summed E-state index contributed by atoms with van der Waals surface area (Å²) in [6.45, 7) is 0.782. The van der Waals surface area contributed by atoms with Gasteiger partial charge in [-0.3, -0.25) is 0 Å². The van der Waals surface area contributed by atoms with E-state index < -0.39 is 11.6 Å². The second kappa shape index (κ2) is 4.14. The minimum atomic E-state index is -0.674. The number of piperidine rings is 1. The second-order valence-corrected chi connectivity index (χ2v) is 3.83. The van der Waals surface area contributed by atoms with Gasteiger partial charge >= 0.3 is 0 Å². The number of hydrogen-bond acceptors (Lipinski definition) is 2. The fourth-order valence-electron chi connectivity index (χ4n) is 2.00. The Hall–Kier alpha value is -1.16. The van der Waals surface area contributed by atoms with Gasteiger partial charge in [-0.25, -0.2) is 8.78 Å². The molecular formula is C11H13F2NO. The van der Waals surface area contributed by atoms with E-state index in [2.05, 4.69) is 5.32 Å². The third-order valence-electron chi connectivity index (χ3n) is 2.72. The van der Waals surface area contributed by atoms with Crippen LogP contribution in [0.5, 0.6) is 5.75 Å². The van der Waals surface area contributed by atoms with Crippen LogP contribution in [0.4, 0.5) is 8.78 Å². The van der Waals surface area contributed by atoms with Gasteiger partial charge in [0.2, 0.25) is 0 Å². The van der Waals surface area contributed by atoms with Gasteiger partial charge in [-0.15, -0.1) is 0 Å². The minimum Gasteiger partial charge on any atom is -0.508 e. The van der Waals surface area contributed by atoms with Crippen LogP contribution in [0.2, 0.25) is 0 Å². The number of benzene rings is 1. The molecule has 1 aromatic carbocycles. The van der Waals surface area contributed by atoms with Gasteiger partial charge in [0, 0.05) is 23.7 Å². The monoisotopic (exact) mass is 213 g/mol. The molecule has 0 spiro atoms. The molecule has 0 aliphatic carbocycles. The third-order valence-corrected chi connectivity index (χ3v) is 2.72. The molecule has 0 bridgehead atoms. The van der Waals surface area contributed by atoms with Crippen LogP contribution in [0.3, 0.4) is 0 Å². The average molecular weight is 213 g/mol. The van der Waals surface area contributed by atoms with Crippen LogP contribution in [0.1, 0.15) is 30.9 Å². The Balaban J connectivity index is 2.33. The van der Waals surface area contributed by atoms with Crippen molar-refractivity contribution in [3.63, 3.8) is 0 Å². The van der Waals surface area contributed by atoms with E-state index in [-0.39, 0.29) is 17.4 Å². The van der Waals surface area contributed by atoms with E-state index in [0.29, 0.717) is 0 Å². The van der Waals surface area contributed by atoms with Crippen molar-refractivity contribution in [3.05, 3.63) is 29.3 Å². The normalized spacial score (nSPS) is 21.6. The number of phenols is 1.